The Kier molecular flexibility index (Phi) is 16.9. The van der Waals surface area contributed by atoms with Crippen molar-refractivity contribution in [2.75, 3.05) is 13.9 Å². The lowest BCUT2D eigenvalue weighted by Crippen LogP contribution is -2.19. The van der Waals surface area contributed by atoms with Gasteiger partial charge in [-0.05, 0) is 37.5 Å². The maximum Gasteiger partial charge on any atom is 0.311 e. The zero-order chi connectivity index (χ0) is 29.3. The Morgan fingerprint density at radius 1 is 1.11 bits per heavy atom. The van der Waals surface area contributed by atoms with Crippen LogP contribution in [0.2, 0.25) is 5.02 Å². The van der Waals surface area contributed by atoms with E-state index in [0.717, 1.165) is 6.42 Å². The monoisotopic (exact) mass is 554 g/mol. The van der Waals surface area contributed by atoms with Crippen LogP contribution in [-0.2, 0) is 19.1 Å². The van der Waals surface area contributed by atoms with Gasteiger partial charge < -0.3 is 29.8 Å². The van der Waals surface area contributed by atoms with Crippen LogP contribution < -0.4 is 15.2 Å². The van der Waals surface area contributed by atoms with Crippen LogP contribution in [0.5, 0.6) is 17.2 Å². The number of phenolic OH excluding ortho intramolecular Hbond substituents is 1. The lowest BCUT2D eigenvalue weighted by molar-refractivity contribution is -0.154. The predicted octanol–water partition coefficient (Wildman–Crippen LogP) is 5.14. The van der Waals surface area contributed by atoms with Crippen LogP contribution in [-0.4, -0.2) is 47.9 Å². The summed E-state index contributed by atoms with van der Waals surface area (Å²) in [4.78, 5) is 37.1. The summed E-state index contributed by atoms with van der Waals surface area (Å²) in [6, 6.07) is 7.97. The molecule has 0 bridgehead atoms. The van der Waals surface area contributed by atoms with Gasteiger partial charge in [0.2, 0.25) is 6.79 Å². The van der Waals surface area contributed by atoms with E-state index < -0.39 is 11.9 Å². The van der Waals surface area contributed by atoms with Gasteiger partial charge >= 0.3 is 11.9 Å². The summed E-state index contributed by atoms with van der Waals surface area (Å²) >= 11 is 5.48. The van der Waals surface area contributed by atoms with E-state index in [1.54, 1.807) is 32.0 Å². The van der Waals surface area contributed by atoms with Crippen molar-refractivity contribution in [3.8, 4) is 17.2 Å². The third-order valence-electron chi connectivity index (χ3n) is 4.43. The summed E-state index contributed by atoms with van der Waals surface area (Å²) in [7, 11) is 1.41. The van der Waals surface area contributed by atoms with Crippen LogP contribution >= 0.6 is 11.6 Å². The molecule has 1 aromatic carbocycles. The van der Waals surface area contributed by atoms with E-state index in [-0.39, 0.29) is 47.7 Å². The molecule has 1 heterocycles. The minimum absolute atomic E-state index is 0.0501. The van der Waals surface area contributed by atoms with Gasteiger partial charge in [0.1, 0.15) is 5.75 Å². The van der Waals surface area contributed by atoms with Gasteiger partial charge in [-0.2, -0.15) is 0 Å². The van der Waals surface area contributed by atoms with Gasteiger partial charge in [0, 0.05) is 23.7 Å². The van der Waals surface area contributed by atoms with Crippen molar-refractivity contribution >= 4 is 29.4 Å². The van der Waals surface area contributed by atoms with Crippen molar-refractivity contribution in [2.45, 2.75) is 60.5 Å². The molecule has 1 amide bonds. The van der Waals surface area contributed by atoms with Crippen molar-refractivity contribution in [3.05, 3.63) is 47.2 Å². The Labute approximate surface area is 229 Å². The first-order valence-electron chi connectivity index (χ1n) is 12.1. The molecule has 1 aromatic heterocycles. The Morgan fingerprint density at radius 3 is 2.21 bits per heavy atom. The molecule has 0 spiro atoms. The van der Waals surface area contributed by atoms with Gasteiger partial charge in [-0.15, -0.1) is 0 Å². The first-order valence-corrected chi connectivity index (χ1v) is 12.5. The molecule has 38 heavy (non-hydrogen) atoms. The zero-order valence-electron chi connectivity index (χ0n) is 23.0. The fraction of sp³-hybridized carbons (Fsp3) is 0.481. The average Bonchev–Trinajstić information content (AvgIpc) is 2.83. The highest BCUT2D eigenvalue weighted by molar-refractivity contribution is 6.30. The van der Waals surface area contributed by atoms with E-state index in [4.69, 9.17) is 41.4 Å². The normalized spacial score (nSPS) is 10.8. The number of benzene rings is 1. The number of pyridine rings is 1. The van der Waals surface area contributed by atoms with E-state index in [1.807, 2.05) is 13.8 Å². The van der Waals surface area contributed by atoms with Crippen molar-refractivity contribution in [3.63, 3.8) is 0 Å². The number of phenols is 1. The van der Waals surface area contributed by atoms with Crippen molar-refractivity contribution < 1.29 is 38.4 Å². The number of halogens is 1. The summed E-state index contributed by atoms with van der Waals surface area (Å²) in [5.41, 5.74) is 5.09. The lowest BCUT2D eigenvalue weighted by Gasteiger charge is -2.14. The minimum Gasteiger partial charge on any atom is -0.508 e. The second-order valence-corrected chi connectivity index (χ2v) is 9.14. The molecule has 2 rings (SSSR count). The topological polar surface area (TPSA) is 147 Å². The van der Waals surface area contributed by atoms with Crippen LogP contribution in [0.25, 0.3) is 0 Å². The molecule has 11 heteroatoms. The summed E-state index contributed by atoms with van der Waals surface area (Å²) < 4.78 is 20.2. The van der Waals surface area contributed by atoms with Gasteiger partial charge in [0.25, 0.3) is 5.91 Å². The van der Waals surface area contributed by atoms with Crippen molar-refractivity contribution in [1.82, 2.24) is 4.98 Å². The molecule has 0 radical (unpaired) electrons. The molecular formula is C27H39ClN2O8. The fourth-order valence-corrected chi connectivity index (χ4v) is 2.90. The molecule has 1 atom stereocenters. The highest BCUT2D eigenvalue weighted by Crippen LogP contribution is 2.29. The molecule has 212 valence electrons. The van der Waals surface area contributed by atoms with Crippen molar-refractivity contribution in [2.24, 2.45) is 17.6 Å². The number of primary amides is 1. The number of esters is 2. The highest BCUT2D eigenvalue weighted by atomic mass is 35.5. The third kappa shape index (κ3) is 14.9. The molecule has 2 aromatic rings. The molecule has 0 fully saturated rings. The van der Waals surface area contributed by atoms with Gasteiger partial charge in [-0.1, -0.05) is 52.3 Å². The van der Waals surface area contributed by atoms with Crippen LogP contribution in [0.15, 0.2) is 36.5 Å². The molecule has 3 N–H and O–H groups in total. The van der Waals surface area contributed by atoms with Gasteiger partial charge in [-0.25, -0.2) is 4.98 Å². The molecule has 0 saturated carbocycles. The number of hydrogen-bond donors (Lipinski definition) is 2. The average molecular weight is 555 g/mol. The largest absolute Gasteiger partial charge is 0.508 e. The van der Waals surface area contributed by atoms with E-state index in [9.17, 15) is 14.4 Å². The number of aromatic hydroxyl groups is 1. The number of aromatic nitrogens is 1. The van der Waals surface area contributed by atoms with Gasteiger partial charge in [0.05, 0.1) is 19.1 Å². The smallest absolute Gasteiger partial charge is 0.311 e. The quantitative estimate of drug-likeness (QED) is 0.300. The fourth-order valence-electron chi connectivity index (χ4n) is 2.72. The molecule has 0 aliphatic carbocycles. The Bertz CT molecular complexity index is 997. The lowest BCUT2D eigenvalue weighted by atomic mass is 10.1. The van der Waals surface area contributed by atoms with Gasteiger partial charge in [-0.3, -0.25) is 14.4 Å². The summed E-state index contributed by atoms with van der Waals surface area (Å²) in [5.74, 6) is -0.411. The molecular weight excluding hydrogens is 516 g/mol. The number of carbonyl (C=O) groups excluding carboxylic acids is 3. The first-order chi connectivity index (χ1) is 17.8. The number of hydrogen-bond acceptors (Lipinski definition) is 9. The number of carbonyl (C=O) groups is 3. The van der Waals surface area contributed by atoms with Crippen LogP contribution in [0.4, 0.5) is 0 Å². The third-order valence-corrected chi connectivity index (χ3v) is 4.67. The summed E-state index contributed by atoms with van der Waals surface area (Å²) in [6.45, 7) is 11.0. The molecule has 1 unspecified atom stereocenters. The maximum atomic E-state index is 11.3. The van der Waals surface area contributed by atoms with E-state index >= 15 is 0 Å². The SMILES string of the molecule is CCC(=O)OC(C)CC(C)C.COc1ccnc(C(N)=O)c1OCOC(=O)C(C)C.Oc1cccc(Cl)c1. The second-order valence-electron chi connectivity index (χ2n) is 8.70. The standard InChI is InChI=1S/C12H16N2O5.C9H18O2.C6H5ClO/c1-7(2)12(16)19-6-18-10-8(17-3)4-5-14-9(10)11(13)15;1-5-9(10)11-8(4)6-7(2)3;7-5-2-1-3-6(8)4-5/h4-5,7H,6H2,1-3H3,(H2,13,15);7-8H,5-6H2,1-4H3;1-4,8H. The molecule has 0 aliphatic rings. The Hall–Kier alpha value is -3.53. The van der Waals surface area contributed by atoms with E-state index in [1.165, 1.54) is 25.4 Å². The highest BCUT2D eigenvalue weighted by Gasteiger charge is 2.17. The van der Waals surface area contributed by atoms with Crippen molar-refractivity contribution in [1.29, 1.82) is 0 Å². The summed E-state index contributed by atoms with van der Waals surface area (Å²) in [6.07, 6.45) is 2.86. The number of nitrogens with zero attached hydrogens (tertiary/aromatic N) is 1. The number of amides is 1. The van der Waals surface area contributed by atoms with E-state index in [2.05, 4.69) is 18.8 Å². The minimum atomic E-state index is -0.760. The van der Waals surface area contributed by atoms with Gasteiger partial charge in [0.15, 0.2) is 17.2 Å². The van der Waals surface area contributed by atoms with Crippen LogP contribution in [0.3, 0.4) is 0 Å². The molecule has 0 saturated heterocycles. The molecule has 10 nitrogen and oxygen atoms in total. The number of methoxy groups -OCH3 is 1. The maximum absolute atomic E-state index is 11.3. The predicted molar refractivity (Wildman–Crippen MR) is 144 cm³/mol. The first kappa shape index (κ1) is 34.5. The Morgan fingerprint density at radius 2 is 1.76 bits per heavy atom. The Balaban J connectivity index is 0.000000606. The zero-order valence-corrected chi connectivity index (χ0v) is 23.8. The number of rotatable bonds is 10. The van der Waals surface area contributed by atoms with Crippen LogP contribution in [0.1, 0.15) is 64.9 Å². The van der Waals surface area contributed by atoms with Crippen LogP contribution in [0, 0.1) is 11.8 Å². The van der Waals surface area contributed by atoms with E-state index in [0.29, 0.717) is 17.4 Å². The number of ether oxygens (including phenoxy) is 4. The number of nitrogens with two attached hydrogens (primary N) is 1. The second kappa shape index (κ2) is 18.7. The molecule has 0 aliphatic heterocycles. The summed E-state index contributed by atoms with van der Waals surface area (Å²) in [5, 5.41) is 9.29.